The lowest BCUT2D eigenvalue weighted by Gasteiger charge is -2.28. The van der Waals surface area contributed by atoms with Gasteiger partial charge in [-0.15, -0.1) is 0 Å². The second-order valence-corrected chi connectivity index (χ2v) is 5.27. The Balaban J connectivity index is 1.96. The molecular formula is C15H21FN2O3. The standard InChI is InChI=1S/C15H21FN2O3/c1-19-14-11(10-18-5-3-17-4-6-18)15-13(9-12(14)16)20-7-2-8-21-15/h9,17H,2-8,10H2,1H3. The van der Waals surface area contributed by atoms with Crippen LogP contribution in [0.3, 0.4) is 0 Å². The Morgan fingerprint density at radius 3 is 2.81 bits per heavy atom. The number of nitrogens with zero attached hydrogens (tertiary/aromatic N) is 1. The molecule has 3 rings (SSSR count). The molecule has 2 heterocycles. The number of ether oxygens (including phenoxy) is 3. The van der Waals surface area contributed by atoms with Gasteiger partial charge < -0.3 is 19.5 Å². The van der Waals surface area contributed by atoms with Gasteiger partial charge >= 0.3 is 0 Å². The minimum atomic E-state index is -0.396. The third-order valence-corrected chi connectivity index (χ3v) is 3.83. The molecule has 1 saturated heterocycles. The third-order valence-electron chi connectivity index (χ3n) is 3.83. The fraction of sp³-hybridized carbons (Fsp3) is 0.600. The number of halogens is 1. The quantitative estimate of drug-likeness (QED) is 0.913. The van der Waals surface area contributed by atoms with E-state index in [0.717, 1.165) is 38.2 Å². The predicted molar refractivity (Wildman–Crippen MR) is 76.7 cm³/mol. The highest BCUT2D eigenvalue weighted by Gasteiger charge is 2.25. The Morgan fingerprint density at radius 1 is 1.29 bits per heavy atom. The van der Waals surface area contributed by atoms with Gasteiger partial charge in [0.1, 0.15) is 0 Å². The van der Waals surface area contributed by atoms with Crippen LogP contribution in [-0.2, 0) is 6.54 Å². The Kier molecular flexibility index (Phi) is 4.45. The molecule has 0 atom stereocenters. The van der Waals surface area contributed by atoms with Gasteiger partial charge in [0.05, 0.1) is 25.9 Å². The maximum atomic E-state index is 14.2. The van der Waals surface area contributed by atoms with Crippen molar-refractivity contribution < 1.29 is 18.6 Å². The van der Waals surface area contributed by atoms with Crippen LogP contribution in [-0.4, -0.2) is 51.4 Å². The number of benzene rings is 1. The molecule has 2 aliphatic rings. The normalized spacial score (nSPS) is 19.1. The first kappa shape index (κ1) is 14.4. The number of hydrogen-bond acceptors (Lipinski definition) is 5. The lowest BCUT2D eigenvalue weighted by molar-refractivity contribution is 0.222. The van der Waals surface area contributed by atoms with E-state index >= 15 is 0 Å². The molecule has 0 aromatic heterocycles. The molecular weight excluding hydrogens is 275 g/mol. The molecule has 1 aromatic rings. The first-order valence-electron chi connectivity index (χ1n) is 7.37. The summed E-state index contributed by atoms with van der Waals surface area (Å²) in [6, 6.07) is 1.36. The molecule has 0 radical (unpaired) electrons. The van der Waals surface area contributed by atoms with Gasteiger partial charge in [0, 0.05) is 45.2 Å². The van der Waals surface area contributed by atoms with E-state index < -0.39 is 5.82 Å². The van der Waals surface area contributed by atoms with E-state index in [9.17, 15) is 4.39 Å². The summed E-state index contributed by atoms with van der Waals surface area (Å²) in [7, 11) is 1.49. The summed E-state index contributed by atoms with van der Waals surface area (Å²) in [5.41, 5.74) is 0.747. The summed E-state index contributed by atoms with van der Waals surface area (Å²) in [5, 5.41) is 3.31. The minimum Gasteiger partial charge on any atom is -0.493 e. The fourth-order valence-electron chi connectivity index (χ4n) is 2.78. The van der Waals surface area contributed by atoms with Gasteiger partial charge in [0.2, 0.25) is 0 Å². The number of rotatable bonds is 3. The van der Waals surface area contributed by atoms with E-state index in [1.165, 1.54) is 13.2 Å². The van der Waals surface area contributed by atoms with Crippen LogP contribution in [0.2, 0.25) is 0 Å². The van der Waals surface area contributed by atoms with Gasteiger partial charge in [0.25, 0.3) is 0 Å². The van der Waals surface area contributed by atoms with E-state index in [-0.39, 0.29) is 5.75 Å². The van der Waals surface area contributed by atoms with Gasteiger partial charge in [-0.1, -0.05) is 0 Å². The van der Waals surface area contributed by atoms with Gasteiger partial charge in [-0.05, 0) is 0 Å². The van der Waals surface area contributed by atoms with Crippen LogP contribution < -0.4 is 19.5 Å². The van der Waals surface area contributed by atoms with Crippen LogP contribution in [0.4, 0.5) is 4.39 Å². The number of hydrogen-bond donors (Lipinski definition) is 1. The third kappa shape index (κ3) is 3.06. The average Bonchev–Trinajstić information content (AvgIpc) is 2.73. The van der Waals surface area contributed by atoms with Crippen molar-refractivity contribution in [2.75, 3.05) is 46.5 Å². The Hall–Kier alpha value is -1.53. The fourth-order valence-corrected chi connectivity index (χ4v) is 2.78. The smallest absolute Gasteiger partial charge is 0.169 e. The molecule has 0 spiro atoms. The molecule has 21 heavy (non-hydrogen) atoms. The van der Waals surface area contributed by atoms with Crippen LogP contribution in [0, 0.1) is 5.82 Å². The molecule has 2 aliphatic heterocycles. The molecule has 0 unspecified atom stereocenters. The number of methoxy groups -OCH3 is 1. The Bertz CT molecular complexity index is 504. The summed E-state index contributed by atoms with van der Waals surface area (Å²) in [6.07, 6.45) is 0.797. The zero-order chi connectivity index (χ0) is 14.7. The van der Waals surface area contributed by atoms with Crippen molar-refractivity contribution in [1.29, 1.82) is 0 Å². The second-order valence-electron chi connectivity index (χ2n) is 5.27. The Morgan fingerprint density at radius 2 is 2.05 bits per heavy atom. The lowest BCUT2D eigenvalue weighted by atomic mass is 10.1. The molecule has 6 heteroatoms. The van der Waals surface area contributed by atoms with Crippen molar-refractivity contribution >= 4 is 0 Å². The maximum Gasteiger partial charge on any atom is 0.169 e. The van der Waals surface area contributed by atoms with Crippen molar-refractivity contribution in [3.05, 3.63) is 17.4 Å². The summed E-state index contributed by atoms with van der Waals surface area (Å²) < 4.78 is 30.9. The van der Waals surface area contributed by atoms with Gasteiger partial charge in [-0.3, -0.25) is 4.90 Å². The molecule has 0 aliphatic carbocycles. The van der Waals surface area contributed by atoms with E-state index in [4.69, 9.17) is 14.2 Å². The lowest BCUT2D eigenvalue weighted by Crippen LogP contribution is -2.43. The largest absolute Gasteiger partial charge is 0.493 e. The van der Waals surface area contributed by atoms with E-state index in [1.807, 2.05) is 0 Å². The van der Waals surface area contributed by atoms with Crippen LogP contribution in [0.1, 0.15) is 12.0 Å². The van der Waals surface area contributed by atoms with Crippen molar-refractivity contribution in [1.82, 2.24) is 10.2 Å². The molecule has 1 fully saturated rings. The second kappa shape index (κ2) is 6.49. The van der Waals surface area contributed by atoms with Crippen LogP contribution in [0.5, 0.6) is 17.2 Å². The minimum absolute atomic E-state index is 0.262. The monoisotopic (exact) mass is 296 g/mol. The van der Waals surface area contributed by atoms with Crippen molar-refractivity contribution in [3.8, 4) is 17.2 Å². The first-order chi connectivity index (χ1) is 10.3. The van der Waals surface area contributed by atoms with Crippen LogP contribution >= 0.6 is 0 Å². The SMILES string of the molecule is COc1c(F)cc2c(c1CN1CCNCC1)OCCCO2. The molecule has 5 nitrogen and oxygen atoms in total. The molecule has 116 valence electrons. The zero-order valence-corrected chi connectivity index (χ0v) is 12.3. The van der Waals surface area contributed by atoms with E-state index in [0.29, 0.717) is 31.3 Å². The van der Waals surface area contributed by atoms with Gasteiger partial charge in [0.15, 0.2) is 23.1 Å². The average molecular weight is 296 g/mol. The summed E-state index contributed by atoms with van der Waals surface area (Å²) in [6.45, 7) is 5.47. The highest BCUT2D eigenvalue weighted by molar-refractivity contribution is 5.55. The molecule has 0 amide bonds. The molecule has 1 aromatic carbocycles. The van der Waals surface area contributed by atoms with E-state index in [2.05, 4.69) is 10.2 Å². The van der Waals surface area contributed by atoms with Crippen molar-refractivity contribution in [2.45, 2.75) is 13.0 Å². The number of piperazine rings is 1. The topological polar surface area (TPSA) is 43.0 Å². The van der Waals surface area contributed by atoms with Gasteiger partial charge in [-0.2, -0.15) is 0 Å². The number of nitrogens with one attached hydrogen (secondary N) is 1. The van der Waals surface area contributed by atoms with Gasteiger partial charge in [-0.25, -0.2) is 4.39 Å². The highest BCUT2D eigenvalue weighted by atomic mass is 19.1. The molecule has 1 N–H and O–H groups in total. The zero-order valence-electron chi connectivity index (χ0n) is 12.3. The van der Waals surface area contributed by atoms with Crippen molar-refractivity contribution in [2.24, 2.45) is 0 Å². The van der Waals surface area contributed by atoms with Crippen LogP contribution in [0.25, 0.3) is 0 Å². The maximum absolute atomic E-state index is 14.2. The number of fused-ring (bicyclic) bond motifs is 1. The first-order valence-corrected chi connectivity index (χ1v) is 7.37. The summed E-state index contributed by atoms with van der Waals surface area (Å²) in [4.78, 5) is 2.27. The summed E-state index contributed by atoms with van der Waals surface area (Å²) in [5.74, 6) is 0.977. The molecule has 0 bridgehead atoms. The van der Waals surface area contributed by atoms with E-state index in [1.54, 1.807) is 0 Å². The molecule has 0 saturated carbocycles. The highest BCUT2D eigenvalue weighted by Crippen LogP contribution is 2.41. The predicted octanol–water partition coefficient (Wildman–Crippen LogP) is 1.40. The van der Waals surface area contributed by atoms with Crippen LogP contribution in [0.15, 0.2) is 6.07 Å². The van der Waals surface area contributed by atoms with Crippen molar-refractivity contribution in [3.63, 3.8) is 0 Å². The summed E-state index contributed by atoms with van der Waals surface area (Å²) >= 11 is 0. The Labute approximate surface area is 124 Å².